The Balaban J connectivity index is 1.85. The van der Waals surface area contributed by atoms with Gasteiger partial charge in [0.1, 0.15) is 6.04 Å². The van der Waals surface area contributed by atoms with E-state index in [9.17, 15) is 22.8 Å². The van der Waals surface area contributed by atoms with Crippen molar-refractivity contribution in [1.82, 2.24) is 20.3 Å². The largest absolute Gasteiger partial charge is 0.352 e. The average molecular weight is 318 g/mol. The SMILES string of the molecule is CS(=O)(=O)N1CCC[C@@H](NC(=O)C[C@@H]2NC(=O)NC2=O)C1. The maximum absolute atomic E-state index is 11.9. The van der Waals surface area contributed by atoms with E-state index in [1.54, 1.807) is 0 Å². The van der Waals surface area contributed by atoms with E-state index in [1.807, 2.05) is 5.32 Å². The molecule has 2 saturated heterocycles. The summed E-state index contributed by atoms with van der Waals surface area (Å²) in [5.74, 6) is -0.922. The van der Waals surface area contributed by atoms with Crippen LogP contribution >= 0.6 is 0 Å². The highest BCUT2D eigenvalue weighted by atomic mass is 32.2. The minimum Gasteiger partial charge on any atom is -0.352 e. The zero-order valence-electron chi connectivity index (χ0n) is 11.6. The molecule has 0 unspecified atom stereocenters. The van der Waals surface area contributed by atoms with Crippen LogP contribution in [0.5, 0.6) is 0 Å². The van der Waals surface area contributed by atoms with E-state index in [2.05, 4.69) is 10.6 Å². The van der Waals surface area contributed by atoms with Gasteiger partial charge in [0.05, 0.1) is 12.7 Å². The number of hydrogen-bond donors (Lipinski definition) is 3. The van der Waals surface area contributed by atoms with Crippen molar-refractivity contribution in [2.24, 2.45) is 0 Å². The predicted molar refractivity (Wildman–Crippen MR) is 72.7 cm³/mol. The van der Waals surface area contributed by atoms with E-state index in [0.29, 0.717) is 19.4 Å². The number of nitrogens with one attached hydrogen (secondary N) is 3. The van der Waals surface area contributed by atoms with Crippen molar-refractivity contribution in [1.29, 1.82) is 0 Å². The Labute approximate surface area is 122 Å². The normalized spacial score (nSPS) is 27.1. The van der Waals surface area contributed by atoms with Crippen molar-refractivity contribution in [2.45, 2.75) is 31.3 Å². The van der Waals surface area contributed by atoms with Gasteiger partial charge in [-0.2, -0.15) is 0 Å². The van der Waals surface area contributed by atoms with Gasteiger partial charge in [0, 0.05) is 19.1 Å². The van der Waals surface area contributed by atoms with E-state index >= 15 is 0 Å². The first-order valence-electron chi connectivity index (χ1n) is 6.61. The Morgan fingerprint density at radius 2 is 2.14 bits per heavy atom. The summed E-state index contributed by atoms with van der Waals surface area (Å²) in [6, 6.07) is -1.76. The third-order valence-corrected chi connectivity index (χ3v) is 4.74. The number of nitrogens with zero attached hydrogens (tertiary/aromatic N) is 1. The van der Waals surface area contributed by atoms with Gasteiger partial charge in [-0.15, -0.1) is 0 Å². The lowest BCUT2D eigenvalue weighted by atomic mass is 10.1. The first-order valence-corrected chi connectivity index (χ1v) is 8.46. The molecule has 0 bridgehead atoms. The van der Waals surface area contributed by atoms with Crippen LogP contribution in [0.4, 0.5) is 4.79 Å². The smallest absolute Gasteiger partial charge is 0.322 e. The lowest BCUT2D eigenvalue weighted by Crippen LogP contribution is -2.50. The lowest BCUT2D eigenvalue weighted by Gasteiger charge is -2.31. The zero-order valence-corrected chi connectivity index (χ0v) is 12.4. The van der Waals surface area contributed by atoms with Gasteiger partial charge >= 0.3 is 6.03 Å². The molecule has 0 radical (unpaired) electrons. The molecule has 21 heavy (non-hydrogen) atoms. The quantitative estimate of drug-likeness (QED) is 0.524. The molecule has 0 aromatic heterocycles. The number of urea groups is 1. The van der Waals surface area contributed by atoms with Crippen molar-refractivity contribution < 1.29 is 22.8 Å². The maximum atomic E-state index is 11.9. The fourth-order valence-corrected chi connectivity index (χ4v) is 3.35. The van der Waals surface area contributed by atoms with Crippen LogP contribution in [0.15, 0.2) is 0 Å². The van der Waals surface area contributed by atoms with Crippen LogP contribution in [0.1, 0.15) is 19.3 Å². The summed E-state index contributed by atoms with van der Waals surface area (Å²) in [6.45, 7) is 0.681. The van der Waals surface area contributed by atoms with Crippen LogP contribution in [0.2, 0.25) is 0 Å². The summed E-state index contributed by atoms with van der Waals surface area (Å²) in [5.41, 5.74) is 0. The number of amides is 4. The molecule has 0 aromatic rings. The van der Waals surface area contributed by atoms with E-state index in [1.165, 1.54) is 4.31 Å². The third kappa shape index (κ3) is 4.14. The number of rotatable bonds is 4. The molecule has 2 heterocycles. The second kappa shape index (κ2) is 5.98. The molecular weight excluding hydrogens is 300 g/mol. The molecule has 0 aliphatic carbocycles. The maximum Gasteiger partial charge on any atom is 0.322 e. The van der Waals surface area contributed by atoms with E-state index in [4.69, 9.17) is 0 Å². The Hall–Kier alpha value is -1.68. The lowest BCUT2D eigenvalue weighted by molar-refractivity contribution is -0.127. The van der Waals surface area contributed by atoms with Gasteiger partial charge in [0.25, 0.3) is 5.91 Å². The summed E-state index contributed by atoms with van der Waals surface area (Å²) < 4.78 is 24.3. The molecule has 2 aliphatic heterocycles. The first-order chi connectivity index (χ1) is 9.75. The van der Waals surface area contributed by atoms with Gasteiger partial charge in [0.2, 0.25) is 15.9 Å². The van der Waals surface area contributed by atoms with Gasteiger partial charge in [-0.3, -0.25) is 14.9 Å². The van der Waals surface area contributed by atoms with E-state index in [-0.39, 0.29) is 19.0 Å². The number of carbonyl (C=O) groups is 3. The summed E-state index contributed by atoms with van der Waals surface area (Å²) in [4.78, 5) is 34.1. The molecule has 0 aromatic carbocycles. The highest BCUT2D eigenvalue weighted by molar-refractivity contribution is 7.88. The molecule has 2 atom stereocenters. The minimum absolute atomic E-state index is 0.160. The van der Waals surface area contributed by atoms with Crippen molar-refractivity contribution in [3.8, 4) is 0 Å². The molecule has 2 fully saturated rings. The van der Waals surface area contributed by atoms with Gasteiger partial charge in [-0.05, 0) is 12.8 Å². The molecule has 2 aliphatic rings. The van der Waals surface area contributed by atoms with Crippen molar-refractivity contribution in [2.75, 3.05) is 19.3 Å². The fourth-order valence-electron chi connectivity index (χ4n) is 2.44. The highest BCUT2D eigenvalue weighted by Gasteiger charge is 2.32. The predicted octanol–water partition coefficient (Wildman–Crippen LogP) is -1.88. The second-order valence-corrected chi connectivity index (χ2v) is 7.23. The van der Waals surface area contributed by atoms with Gasteiger partial charge in [-0.25, -0.2) is 17.5 Å². The molecule has 4 amide bonds. The van der Waals surface area contributed by atoms with Crippen LogP contribution < -0.4 is 16.0 Å². The van der Waals surface area contributed by atoms with Crippen LogP contribution in [0, 0.1) is 0 Å². The minimum atomic E-state index is -3.27. The zero-order chi connectivity index (χ0) is 15.6. The third-order valence-electron chi connectivity index (χ3n) is 3.47. The van der Waals surface area contributed by atoms with E-state index in [0.717, 1.165) is 6.26 Å². The standard InChI is InChI=1S/C11H18N4O5S/c1-21(19,20)15-4-2-3-7(6-15)12-9(16)5-8-10(17)14-11(18)13-8/h7-8H,2-6H2,1H3,(H,12,16)(H2,13,14,17,18)/t7-,8+/m1/s1. The Bertz CT molecular complexity index is 561. The summed E-state index contributed by atoms with van der Waals surface area (Å²) in [5, 5.41) is 7.09. The van der Waals surface area contributed by atoms with Crippen LogP contribution in [-0.2, 0) is 19.6 Å². The van der Waals surface area contributed by atoms with Crippen molar-refractivity contribution >= 4 is 27.9 Å². The average Bonchev–Trinajstić information content (AvgIpc) is 2.67. The molecular formula is C11H18N4O5S. The molecule has 118 valence electrons. The van der Waals surface area contributed by atoms with Crippen molar-refractivity contribution in [3.05, 3.63) is 0 Å². The van der Waals surface area contributed by atoms with E-state index < -0.39 is 33.9 Å². The van der Waals surface area contributed by atoms with Gasteiger partial charge in [-0.1, -0.05) is 0 Å². The number of piperidine rings is 1. The number of carbonyl (C=O) groups excluding carboxylic acids is 3. The molecule has 10 heteroatoms. The number of sulfonamides is 1. The number of imide groups is 1. The first kappa shape index (κ1) is 15.7. The highest BCUT2D eigenvalue weighted by Crippen LogP contribution is 2.13. The molecule has 0 saturated carbocycles. The Morgan fingerprint density at radius 3 is 2.71 bits per heavy atom. The van der Waals surface area contributed by atoms with Crippen molar-refractivity contribution in [3.63, 3.8) is 0 Å². The topological polar surface area (TPSA) is 125 Å². The molecule has 0 spiro atoms. The monoisotopic (exact) mass is 318 g/mol. The van der Waals surface area contributed by atoms with Crippen LogP contribution in [-0.4, -0.2) is 62.0 Å². The Kier molecular flexibility index (Phi) is 4.47. The second-order valence-electron chi connectivity index (χ2n) is 5.25. The van der Waals surface area contributed by atoms with Gasteiger partial charge < -0.3 is 10.6 Å². The fraction of sp³-hybridized carbons (Fsp3) is 0.727. The Morgan fingerprint density at radius 1 is 1.43 bits per heavy atom. The summed E-state index contributed by atoms with van der Waals surface area (Å²) in [6.07, 6.45) is 2.32. The van der Waals surface area contributed by atoms with Gasteiger partial charge in [0.15, 0.2) is 0 Å². The summed E-state index contributed by atoms with van der Waals surface area (Å²) in [7, 11) is -3.27. The molecule has 3 N–H and O–H groups in total. The van der Waals surface area contributed by atoms with Crippen LogP contribution in [0.25, 0.3) is 0 Å². The van der Waals surface area contributed by atoms with Crippen LogP contribution in [0.3, 0.4) is 0 Å². The summed E-state index contributed by atoms with van der Waals surface area (Å²) >= 11 is 0. The molecule has 9 nitrogen and oxygen atoms in total. The number of hydrogen-bond acceptors (Lipinski definition) is 5. The molecule has 2 rings (SSSR count).